The van der Waals surface area contributed by atoms with Gasteiger partial charge in [0.15, 0.2) is 0 Å². The highest BCUT2D eigenvalue weighted by Gasteiger charge is 2.21. The fourth-order valence-electron chi connectivity index (χ4n) is 7.29. The number of fused-ring (bicyclic) bond motifs is 6. The molecule has 1 aromatic heterocycles. The SMILES string of the molecule is Cc1cccc2cccc(-c3c4ccccc4c(-c4cccc5oc6ccc(-c7ccccc7)cc6c45)c4ccccc34)c12. The molecule has 0 aliphatic heterocycles. The largest absolute Gasteiger partial charge is 0.456 e. The third kappa shape index (κ3) is 3.66. The van der Waals surface area contributed by atoms with Crippen LogP contribution in [0.3, 0.4) is 0 Å². The molecule has 1 nitrogen and oxygen atoms in total. The predicted octanol–water partition coefficient (Wildman–Crippen LogP) is 12.4. The van der Waals surface area contributed by atoms with Crippen LogP contribution < -0.4 is 0 Å². The topological polar surface area (TPSA) is 13.1 Å². The molecule has 0 N–H and O–H groups in total. The number of hydrogen-bond donors (Lipinski definition) is 0. The van der Waals surface area contributed by atoms with Gasteiger partial charge in [0.25, 0.3) is 0 Å². The molecule has 0 unspecified atom stereocenters. The Kier molecular flexibility index (Phi) is 5.48. The minimum Gasteiger partial charge on any atom is -0.456 e. The van der Waals surface area contributed by atoms with E-state index in [9.17, 15) is 0 Å². The van der Waals surface area contributed by atoms with Gasteiger partial charge in [-0.2, -0.15) is 0 Å². The van der Waals surface area contributed by atoms with E-state index < -0.39 is 0 Å². The summed E-state index contributed by atoms with van der Waals surface area (Å²) >= 11 is 0. The molecule has 8 aromatic carbocycles. The van der Waals surface area contributed by atoms with Crippen molar-refractivity contribution in [2.24, 2.45) is 0 Å². The molecular formula is C43H28O. The van der Waals surface area contributed by atoms with Gasteiger partial charge in [-0.3, -0.25) is 0 Å². The van der Waals surface area contributed by atoms with Crippen molar-refractivity contribution in [3.63, 3.8) is 0 Å². The summed E-state index contributed by atoms with van der Waals surface area (Å²) in [5.41, 5.74) is 10.5. The van der Waals surface area contributed by atoms with Crippen molar-refractivity contribution in [2.45, 2.75) is 6.92 Å². The van der Waals surface area contributed by atoms with Crippen molar-refractivity contribution in [1.29, 1.82) is 0 Å². The van der Waals surface area contributed by atoms with E-state index in [0.717, 1.165) is 21.9 Å². The van der Waals surface area contributed by atoms with Crippen LogP contribution in [0.4, 0.5) is 0 Å². The molecule has 0 amide bonds. The van der Waals surface area contributed by atoms with Gasteiger partial charge in [-0.1, -0.05) is 133 Å². The summed E-state index contributed by atoms with van der Waals surface area (Å²) in [4.78, 5) is 0. The number of benzene rings is 8. The zero-order valence-corrected chi connectivity index (χ0v) is 24.3. The Hall–Kier alpha value is -5.66. The summed E-state index contributed by atoms with van der Waals surface area (Å²) in [6, 6.07) is 54.8. The van der Waals surface area contributed by atoms with E-state index in [0.29, 0.717) is 0 Å². The van der Waals surface area contributed by atoms with Gasteiger partial charge in [-0.25, -0.2) is 0 Å². The number of rotatable bonds is 3. The number of furan rings is 1. The number of aryl methyl sites for hydroxylation is 1. The second-order valence-corrected chi connectivity index (χ2v) is 11.7. The molecule has 0 atom stereocenters. The van der Waals surface area contributed by atoms with Crippen LogP contribution in [0, 0.1) is 6.92 Å². The first-order valence-electron chi connectivity index (χ1n) is 15.2. The van der Waals surface area contributed by atoms with Crippen LogP contribution in [-0.4, -0.2) is 0 Å². The van der Waals surface area contributed by atoms with Gasteiger partial charge in [-0.05, 0) is 96.4 Å². The second-order valence-electron chi connectivity index (χ2n) is 11.7. The highest BCUT2D eigenvalue weighted by Crippen LogP contribution is 2.48. The van der Waals surface area contributed by atoms with E-state index in [4.69, 9.17) is 4.42 Å². The van der Waals surface area contributed by atoms with Crippen molar-refractivity contribution < 1.29 is 4.42 Å². The first kappa shape index (κ1) is 24.9. The maximum atomic E-state index is 6.48. The van der Waals surface area contributed by atoms with Crippen molar-refractivity contribution in [1.82, 2.24) is 0 Å². The van der Waals surface area contributed by atoms with E-state index in [2.05, 4.69) is 159 Å². The van der Waals surface area contributed by atoms with Crippen LogP contribution in [0.25, 0.3) is 87.6 Å². The van der Waals surface area contributed by atoms with Gasteiger partial charge in [0, 0.05) is 10.8 Å². The Morgan fingerprint density at radius 2 is 0.955 bits per heavy atom. The zero-order chi connectivity index (χ0) is 29.2. The van der Waals surface area contributed by atoms with Crippen molar-refractivity contribution >= 4 is 54.3 Å². The minimum atomic E-state index is 0.906. The van der Waals surface area contributed by atoms with Crippen molar-refractivity contribution in [3.05, 3.63) is 157 Å². The lowest BCUT2D eigenvalue weighted by Gasteiger charge is -2.19. The fraction of sp³-hybridized carbons (Fsp3) is 0.0233. The molecule has 1 heteroatoms. The molecule has 44 heavy (non-hydrogen) atoms. The maximum Gasteiger partial charge on any atom is 0.136 e. The Bertz CT molecular complexity index is 2490. The smallest absolute Gasteiger partial charge is 0.136 e. The van der Waals surface area contributed by atoms with E-state index in [-0.39, 0.29) is 0 Å². The normalized spacial score (nSPS) is 11.8. The van der Waals surface area contributed by atoms with E-state index in [1.54, 1.807) is 0 Å². The van der Waals surface area contributed by atoms with E-state index >= 15 is 0 Å². The maximum absolute atomic E-state index is 6.48. The van der Waals surface area contributed by atoms with Crippen molar-refractivity contribution in [2.75, 3.05) is 0 Å². The zero-order valence-electron chi connectivity index (χ0n) is 24.3. The summed E-state index contributed by atoms with van der Waals surface area (Å²) < 4.78 is 6.48. The molecule has 9 aromatic rings. The quantitative estimate of drug-likeness (QED) is 0.196. The van der Waals surface area contributed by atoms with Crippen LogP contribution in [0.1, 0.15) is 5.56 Å². The summed E-state index contributed by atoms with van der Waals surface area (Å²) in [7, 11) is 0. The first-order valence-corrected chi connectivity index (χ1v) is 15.2. The molecule has 0 bridgehead atoms. The Morgan fingerprint density at radius 3 is 1.61 bits per heavy atom. The van der Waals surface area contributed by atoms with E-state index in [1.807, 2.05) is 0 Å². The van der Waals surface area contributed by atoms with Crippen LogP contribution in [-0.2, 0) is 0 Å². The highest BCUT2D eigenvalue weighted by molar-refractivity contribution is 6.27. The predicted molar refractivity (Wildman–Crippen MR) is 187 cm³/mol. The van der Waals surface area contributed by atoms with Crippen molar-refractivity contribution in [3.8, 4) is 33.4 Å². The Balaban J connectivity index is 1.42. The fourth-order valence-corrected chi connectivity index (χ4v) is 7.29. The summed E-state index contributed by atoms with van der Waals surface area (Å²) in [5.74, 6) is 0. The van der Waals surface area contributed by atoms with E-state index in [1.165, 1.54) is 71.3 Å². The third-order valence-corrected chi connectivity index (χ3v) is 9.19. The molecule has 206 valence electrons. The molecule has 1 heterocycles. The van der Waals surface area contributed by atoms with Gasteiger partial charge < -0.3 is 4.42 Å². The molecule has 0 spiro atoms. The number of hydrogen-bond acceptors (Lipinski definition) is 1. The van der Waals surface area contributed by atoms with Gasteiger partial charge in [-0.15, -0.1) is 0 Å². The second kappa shape index (κ2) is 9.69. The Morgan fingerprint density at radius 1 is 0.386 bits per heavy atom. The highest BCUT2D eigenvalue weighted by atomic mass is 16.3. The molecule has 9 rings (SSSR count). The van der Waals surface area contributed by atoms with Gasteiger partial charge in [0.2, 0.25) is 0 Å². The molecule has 0 saturated carbocycles. The summed E-state index contributed by atoms with van der Waals surface area (Å²) in [6.07, 6.45) is 0. The molecule has 0 aliphatic carbocycles. The van der Waals surface area contributed by atoms with Gasteiger partial charge >= 0.3 is 0 Å². The molecule has 0 fully saturated rings. The molecule has 0 saturated heterocycles. The van der Waals surface area contributed by atoms with Crippen LogP contribution in [0.5, 0.6) is 0 Å². The van der Waals surface area contributed by atoms with Gasteiger partial charge in [0.1, 0.15) is 11.2 Å². The molecule has 0 radical (unpaired) electrons. The Labute approximate surface area is 255 Å². The first-order chi connectivity index (χ1) is 21.8. The standard InChI is InChI=1S/C43H28O/c1-27-12-9-15-29-16-10-21-35(40(27)29)41-31-17-5-7-19-33(31)42(34-20-8-6-18-32(34)41)36-22-11-23-39-43(36)37-26-30(24-25-38(37)44-39)28-13-3-2-4-14-28/h2-26H,1H3. The average Bonchev–Trinajstić information content (AvgIpc) is 3.46. The third-order valence-electron chi connectivity index (χ3n) is 9.19. The van der Waals surface area contributed by atoms with Gasteiger partial charge in [0.05, 0.1) is 0 Å². The summed E-state index contributed by atoms with van der Waals surface area (Å²) in [6.45, 7) is 2.22. The van der Waals surface area contributed by atoms with Crippen LogP contribution in [0.15, 0.2) is 156 Å². The molecule has 0 aliphatic rings. The van der Waals surface area contributed by atoms with Crippen LogP contribution in [0.2, 0.25) is 0 Å². The minimum absolute atomic E-state index is 0.906. The average molecular weight is 561 g/mol. The molecular weight excluding hydrogens is 532 g/mol. The van der Waals surface area contributed by atoms with Crippen LogP contribution >= 0.6 is 0 Å². The summed E-state index contributed by atoms with van der Waals surface area (Å²) in [5, 5.41) is 9.88. The lowest BCUT2D eigenvalue weighted by molar-refractivity contribution is 0.669. The monoisotopic (exact) mass is 560 g/mol. The lowest BCUT2D eigenvalue weighted by Crippen LogP contribution is -1.92. The lowest BCUT2D eigenvalue weighted by atomic mass is 9.83.